The number of carbonyl (C=O) groups is 1. The number of hydrogen-bond acceptors (Lipinski definition) is 6. The maximum atomic E-state index is 9.81. The highest BCUT2D eigenvalue weighted by Crippen LogP contribution is 2.29. The molecule has 174 valence electrons. The average Bonchev–Trinajstić information content (AvgIpc) is 3.06. The van der Waals surface area contributed by atoms with Crippen molar-refractivity contribution in [2.24, 2.45) is 10.7 Å². The summed E-state index contributed by atoms with van der Waals surface area (Å²) in [7, 11) is 1.68. The lowest BCUT2D eigenvalue weighted by molar-refractivity contribution is 0.125. The Morgan fingerprint density at radius 1 is 1.15 bits per heavy atom. The Morgan fingerprint density at radius 2 is 1.88 bits per heavy atom. The fourth-order valence-electron chi connectivity index (χ4n) is 3.68. The SMILES string of the molecule is CC(C)OC(N)=O.CCCc1ccc(C2=NCc3nnc(C)n3-c3ccc(OC)cc32)cc1. The lowest BCUT2D eigenvalue weighted by atomic mass is 9.98. The van der Waals surface area contributed by atoms with Crippen LogP contribution in [0.4, 0.5) is 4.79 Å². The standard InChI is InChI=1S/C21H22N4O.C4H9NO2/c1-4-5-15-6-8-16(9-7-15)21-18-12-17(26-3)10-11-19(18)25-14(2)23-24-20(25)13-22-21;1-3(2)7-4(5)6/h6-12H,4-5,13H2,1-3H3;3H,1-2H3,(H2,5,6). The van der Waals surface area contributed by atoms with Crippen LogP contribution >= 0.6 is 0 Å². The molecule has 3 aromatic rings. The third kappa shape index (κ3) is 5.77. The molecule has 1 aromatic heterocycles. The van der Waals surface area contributed by atoms with Crippen molar-refractivity contribution < 1.29 is 14.3 Å². The molecule has 4 rings (SSSR count). The first-order valence-electron chi connectivity index (χ1n) is 11.0. The van der Waals surface area contributed by atoms with Crippen molar-refractivity contribution in [2.75, 3.05) is 7.11 Å². The van der Waals surface area contributed by atoms with Gasteiger partial charge in [0.15, 0.2) is 5.82 Å². The number of primary amides is 1. The van der Waals surface area contributed by atoms with E-state index in [1.54, 1.807) is 21.0 Å². The molecule has 1 aliphatic rings. The minimum absolute atomic E-state index is 0.0995. The largest absolute Gasteiger partial charge is 0.497 e. The molecule has 1 amide bonds. The summed E-state index contributed by atoms with van der Waals surface area (Å²) in [6, 6.07) is 14.8. The van der Waals surface area contributed by atoms with Crippen LogP contribution in [0.1, 0.15) is 55.5 Å². The predicted molar refractivity (Wildman–Crippen MR) is 128 cm³/mol. The van der Waals surface area contributed by atoms with Gasteiger partial charge in [-0.05, 0) is 51.0 Å². The Labute approximate surface area is 194 Å². The number of aliphatic imine (C=N–C) groups is 1. The number of carbonyl (C=O) groups excluding carboxylic acids is 1. The molecule has 8 nitrogen and oxygen atoms in total. The van der Waals surface area contributed by atoms with E-state index < -0.39 is 6.09 Å². The number of nitrogens with zero attached hydrogens (tertiary/aromatic N) is 4. The molecule has 0 unspecified atom stereocenters. The first-order valence-corrected chi connectivity index (χ1v) is 11.0. The summed E-state index contributed by atoms with van der Waals surface area (Å²) in [4.78, 5) is 14.7. The van der Waals surface area contributed by atoms with Crippen molar-refractivity contribution in [3.8, 4) is 11.4 Å². The lowest BCUT2D eigenvalue weighted by Gasteiger charge is -2.14. The highest BCUT2D eigenvalue weighted by molar-refractivity contribution is 6.15. The Kier molecular flexibility index (Phi) is 7.82. The van der Waals surface area contributed by atoms with E-state index in [2.05, 4.69) is 62.5 Å². The summed E-state index contributed by atoms with van der Waals surface area (Å²) >= 11 is 0. The van der Waals surface area contributed by atoms with Gasteiger partial charge in [0.25, 0.3) is 0 Å². The molecule has 2 heterocycles. The van der Waals surface area contributed by atoms with Crippen LogP contribution in [0.25, 0.3) is 5.69 Å². The number of rotatable bonds is 5. The number of aromatic nitrogens is 3. The first kappa shape index (κ1) is 24.0. The highest BCUT2D eigenvalue weighted by Gasteiger charge is 2.22. The van der Waals surface area contributed by atoms with E-state index in [4.69, 9.17) is 9.73 Å². The van der Waals surface area contributed by atoms with Gasteiger partial charge in [-0.1, -0.05) is 37.6 Å². The molecule has 2 aromatic carbocycles. The molecule has 0 bridgehead atoms. The van der Waals surface area contributed by atoms with E-state index >= 15 is 0 Å². The first-order chi connectivity index (χ1) is 15.8. The van der Waals surface area contributed by atoms with Crippen molar-refractivity contribution in [3.63, 3.8) is 0 Å². The van der Waals surface area contributed by atoms with Crippen LogP contribution in [0, 0.1) is 6.92 Å². The third-order valence-electron chi connectivity index (χ3n) is 5.09. The molecule has 33 heavy (non-hydrogen) atoms. The van der Waals surface area contributed by atoms with E-state index in [-0.39, 0.29) is 6.10 Å². The van der Waals surface area contributed by atoms with E-state index in [0.717, 1.165) is 52.8 Å². The van der Waals surface area contributed by atoms with Crippen molar-refractivity contribution in [3.05, 3.63) is 70.8 Å². The van der Waals surface area contributed by atoms with Crippen LogP contribution in [0.15, 0.2) is 47.5 Å². The molecule has 2 N–H and O–H groups in total. The number of fused-ring (bicyclic) bond motifs is 3. The van der Waals surface area contributed by atoms with E-state index in [9.17, 15) is 4.79 Å². The normalized spacial score (nSPS) is 12.0. The van der Waals surface area contributed by atoms with E-state index in [1.807, 2.05) is 19.1 Å². The number of aryl methyl sites for hydroxylation is 2. The van der Waals surface area contributed by atoms with Gasteiger partial charge in [-0.3, -0.25) is 9.56 Å². The smallest absolute Gasteiger partial charge is 0.404 e. The summed E-state index contributed by atoms with van der Waals surface area (Å²) < 4.78 is 11.9. The quantitative estimate of drug-likeness (QED) is 0.622. The number of hydrogen-bond donors (Lipinski definition) is 1. The summed E-state index contributed by atoms with van der Waals surface area (Å²) in [6.07, 6.45) is 1.43. The summed E-state index contributed by atoms with van der Waals surface area (Å²) in [5.74, 6) is 2.53. The molecule has 0 saturated carbocycles. The van der Waals surface area contributed by atoms with Crippen LogP contribution in [-0.2, 0) is 17.7 Å². The molecule has 0 atom stereocenters. The number of amides is 1. The Morgan fingerprint density at radius 3 is 2.45 bits per heavy atom. The molecule has 8 heteroatoms. The van der Waals surface area contributed by atoms with Gasteiger partial charge in [-0.25, -0.2) is 4.79 Å². The van der Waals surface area contributed by atoms with E-state index in [0.29, 0.717) is 6.54 Å². The molecular formula is C25H31N5O3. The van der Waals surface area contributed by atoms with Crippen LogP contribution < -0.4 is 10.5 Å². The minimum Gasteiger partial charge on any atom is -0.497 e. The average molecular weight is 450 g/mol. The third-order valence-corrected chi connectivity index (χ3v) is 5.09. The maximum Gasteiger partial charge on any atom is 0.404 e. The maximum absolute atomic E-state index is 9.81. The monoisotopic (exact) mass is 449 g/mol. The van der Waals surface area contributed by atoms with Gasteiger partial charge < -0.3 is 15.2 Å². The molecule has 1 aliphatic heterocycles. The molecule has 0 radical (unpaired) electrons. The van der Waals surface area contributed by atoms with Crippen LogP contribution in [0.2, 0.25) is 0 Å². The second-order valence-corrected chi connectivity index (χ2v) is 7.98. The molecule has 0 saturated heterocycles. The number of methoxy groups -OCH3 is 1. The Balaban J connectivity index is 0.000000383. The van der Waals surface area contributed by atoms with Crippen molar-refractivity contribution >= 4 is 11.8 Å². The van der Waals surface area contributed by atoms with Gasteiger partial charge in [0, 0.05) is 11.1 Å². The van der Waals surface area contributed by atoms with Gasteiger partial charge in [0.2, 0.25) is 0 Å². The second-order valence-electron chi connectivity index (χ2n) is 7.98. The number of nitrogens with two attached hydrogens (primary N) is 1. The van der Waals surface area contributed by atoms with Gasteiger partial charge in [0.05, 0.1) is 24.6 Å². The fourth-order valence-corrected chi connectivity index (χ4v) is 3.68. The Hall–Kier alpha value is -3.68. The molecule has 0 fully saturated rings. The second kappa shape index (κ2) is 10.8. The van der Waals surface area contributed by atoms with Crippen molar-refractivity contribution in [1.82, 2.24) is 14.8 Å². The van der Waals surface area contributed by atoms with Gasteiger partial charge in [-0.15, -0.1) is 10.2 Å². The predicted octanol–water partition coefficient (Wildman–Crippen LogP) is 4.38. The summed E-state index contributed by atoms with van der Waals surface area (Å²) in [6.45, 7) is 8.15. The summed E-state index contributed by atoms with van der Waals surface area (Å²) in [5.41, 5.74) is 10.1. The highest BCUT2D eigenvalue weighted by atomic mass is 16.6. The van der Waals surface area contributed by atoms with Crippen LogP contribution in [0.3, 0.4) is 0 Å². The Bertz CT molecular complexity index is 1130. The summed E-state index contributed by atoms with van der Waals surface area (Å²) in [5, 5.41) is 8.52. The van der Waals surface area contributed by atoms with Crippen molar-refractivity contribution in [1.29, 1.82) is 0 Å². The lowest BCUT2D eigenvalue weighted by Crippen LogP contribution is -2.17. The van der Waals surface area contributed by atoms with Crippen LogP contribution in [-0.4, -0.2) is 39.8 Å². The van der Waals surface area contributed by atoms with Gasteiger partial charge in [-0.2, -0.15) is 0 Å². The molecule has 0 spiro atoms. The zero-order chi connectivity index (χ0) is 24.0. The zero-order valence-corrected chi connectivity index (χ0v) is 19.8. The van der Waals surface area contributed by atoms with E-state index in [1.165, 1.54) is 5.56 Å². The van der Waals surface area contributed by atoms with Crippen molar-refractivity contribution in [2.45, 2.75) is 53.2 Å². The van der Waals surface area contributed by atoms with Crippen LogP contribution in [0.5, 0.6) is 5.75 Å². The zero-order valence-electron chi connectivity index (χ0n) is 19.8. The topological polar surface area (TPSA) is 105 Å². The molecular weight excluding hydrogens is 418 g/mol. The number of ether oxygens (including phenoxy) is 2. The minimum atomic E-state index is -0.713. The molecule has 0 aliphatic carbocycles. The van der Waals surface area contributed by atoms with Gasteiger partial charge >= 0.3 is 6.09 Å². The number of benzene rings is 2. The van der Waals surface area contributed by atoms with Gasteiger partial charge in [0.1, 0.15) is 18.1 Å². The fraction of sp³-hybridized carbons (Fsp3) is 0.360.